The summed E-state index contributed by atoms with van der Waals surface area (Å²) in [5.41, 5.74) is 0. The molecule has 1 fully saturated rings. The highest BCUT2D eigenvalue weighted by Gasteiger charge is 2.47. The number of aliphatic hydroxyl groups is 7. The quantitative estimate of drug-likeness (QED) is 0.191. The minimum atomic E-state index is -2.42. The van der Waals surface area contributed by atoms with Crippen LogP contribution in [0.25, 0.3) is 0 Å². The van der Waals surface area contributed by atoms with Crippen LogP contribution in [0.2, 0.25) is 0 Å². The number of aliphatic carboxylic acids is 1. The number of carboxylic acids is 1. The molecule has 12 heteroatoms. The van der Waals surface area contributed by atoms with Gasteiger partial charge in [0, 0.05) is 0 Å². The smallest absolute Gasteiger partial charge is 0.375 e. The van der Waals surface area contributed by atoms with Crippen LogP contribution < -0.4 is 0 Å². The molecule has 0 aromatic carbocycles. The number of hydrogen-bond donors (Lipinski definition) is 8. The number of Topliss-reactive ketones (excluding diaryl/α,β-unsaturated/α-hetero) is 1. The lowest BCUT2D eigenvalue weighted by Crippen LogP contribution is -2.61. The zero-order valence-electron chi connectivity index (χ0n) is 12.2. The zero-order chi connectivity index (χ0) is 18.6. The van der Waals surface area contributed by atoms with Crippen LogP contribution in [0.15, 0.2) is 0 Å². The lowest BCUT2D eigenvalue weighted by molar-refractivity contribution is -0.323. The molecule has 1 saturated heterocycles. The van der Waals surface area contributed by atoms with Crippen molar-refractivity contribution in [1.82, 2.24) is 0 Å². The summed E-state index contributed by atoms with van der Waals surface area (Å²) in [5.74, 6) is -3.79. The van der Waals surface area contributed by atoms with Gasteiger partial charge in [0.25, 0.3) is 5.78 Å². The molecule has 1 aliphatic rings. The summed E-state index contributed by atoms with van der Waals surface area (Å²) < 4.78 is 9.89. The van der Waals surface area contributed by atoms with Gasteiger partial charge >= 0.3 is 5.97 Å². The first-order chi connectivity index (χ1) is 11.1. The van der Waals surface area contributed by atoms with Crippen molar-refractivity contribution in [2.24, 2.45) is 0 Å². The number of aliphatic hydroxyl groups excluding tert-OH is 7. The van der Waals surface area contributed by atoms with Crippen LogP contribution in [-0.2, 0) is 19.1 Å². The Bertz CT molecular complexity index is 440. The van der Waals surface area contributed by atoms with E-state index in [-0.39, 0.29) is 0 Å². The summed E-state index contributed by atoms with van der Waals surface area (Å²) in [5, 5.41) is 74.8. The minimum Gasteiger partial charge on any atom is -0.475 e. The van der Waals surface area contributed by atoms with Crippen LogP contribution in [0.5, 0.6) is 0 Å². The number of carbonyl (C=O) groups excluding carboxylic acids is 1. The minimum absolute atomic E-state index is 0.783. The summed E-state index contributed by atoms with van der Waals surface area (Å²) in [4.78, 5) is 21.9. The lowest BCUT2D eigenvalue weighted by Gasteiger charge is -2.41. The maximum absolute atomic E-state index is 11.3. The van der Waals surface area contributed by atoms with Crippen molar-refractivity contribution in [2.45, 2.75) is 49.0 Å². The Morgan fingerprint density at radius 1 is 1.04 bits per heavy atom. The van der Waals surface area contributed by atoms with Gasteiger partial charge in [0.15, 0.2) is 12.4 Å². The van der Waals surface area contributed by atoms with Crippen molar-refractivity contribution < 1.29 is 59.9 Å². The standard InChI is InChI=1S/C12H20O12/c13-1-3(15)10(7(18)8(19)11(21)22)24-12-9(20)6(17)5(16)4(2-14)23-12/h3-7,9-10,12-18,20H,1-2H2,(H,21,22)/t3-,4-,5+,6+,7-,9-,10-,12+/m1/s1. The van der Waals surface area contributed by atoms with E-state index in [1.165, 1.54) is 0 Å². The van der Waals surface area contributed by atoms with Crippen LogP contribution in [0.3, 0.4) is 0 Å². The molecular formula is C12H20O12. The average Bonchev–Trinajstić information content (AvgIpc) is 2.57. The molecule has 0 aliphatic carbocycles. The van der Waals surface area contributed by atoms with Gasteiger partial charge in [0.1, 0.15) is 36.6 Å². The molecule has 12 nitrogen and oxygen atoms in total. The van der Waals surface area contributed by atoms with Gasteiger partial charge in [-0.05, 0) is 0 Å². The zero-order valence-corrected chi connectivity index (χ0v) is 12.2. The Labute approximate surface area is 135 Å². The molecule has 24 heavy (non-hydrogen) atoms. The lowest BCUT2D eigenvalue weighted by atomic mass is 9.98. The number of rotatable bonds is 8. The molecule has 0 saturated carbocycles. The molecular weight excluding hydrogens is 336 g/mol. The van der Waals surface area contributed by atoms with E-state index < -0.39 is 74.0 Å². The Morgan fingerprint density at radius 3 is 2.08 bits per heavy atom. The first kappa shape index (κ1) is 20.8. The number of hydrogen-bond acceptors (Lipinski definition) is 11. The molecule has 8 atom stereocenters. The van der Waals surface area contributed by atoms with Crippen molar-refractivity contribution in [3.8, 4) is 0 Å². The SMILES string of the molecule is O=C(O)C(=O)[C@@H](O)[C@H](O[C@@H]1O[C@H](CO)[C@H](O)[C@H](O)[C@H]1O)[C@H](O)CO. The van der Waals surface area contributed by atoms with Gasteiger partial charge in [-0.3, -0.25) is 4.79 Å². The molecule has 0 radical (unpaired) electrons. The molecule has 1 rings (SSSR count). The molecule has 1 heterocycles. The van der Waals surface area contributed by atoms with Gasteiger partial charge in [0.2, 0.25) is 0 Å². The third-order valence-electron chi connectivity index (χ3n) is 3.50. The second-order valence-corrected chi connectivity index (χ2v) is 5.16. The molecule has 0 bridgehead atoms. The molecule has 8 N–H and O–H groups in total. The van der Waals surface area contributed by atoms with Crippen molar-refractivity contribution >= 4 is 11.8 Å². The van der Waals surface area contributed by atoms with Gasteiger partial charge in [-0.2, -0.15) is 0 Å². The van der Waals surface area contributed by atoms with Crippen molar-refractivity contribution in [3.63, 3.8) is 0 Å². The monoisotopic (exact) mass is 356 g/mol. The third-order valence-corrected chi connectivity index (χ3v) is 3.50. The average molecular weight is 356 g/mol. The normalized spacial score (nSPS) is 34.4. The van der Waals surface area contributed by atoms with E-state index in [2.05, 4.69) is 0 Å². The van der Waals surface area contributed by atoms with Crippen LogP contribution in [0.4, 0.5) is 0 Å². The highest BCUT2D eigenvalue weighted by Crippen LogP contribution is 2.24. The van der Waals surface area contributed by atoms with E-state index in [4.69, 9.17) is 24.8 Å². The van der Waals surface area contributed by atoms with E-state index in [1.807, 2.05) is 0 Å². The number of ether oxygens (including phenoxy) is 2. The fourth-order valence-corrected chi connectivity index (χ4v) is 2.09. The summed E-state index contributed by atoms with van der Waals surface area (Å²) >= 11 is 0. The number of carboxylic acid groups (broad SMARTS) is 1. The second kappa shape index (κ2) is 8.75. The van der Waals surface area contributed by atoms with Crippen LogP contribution in [-0.4, -0.2) is 115 Å². The Kier molecular flexibility index (Phi) is 7.59. The molecule has 140 valence electrons. The number of carbonyl (C=O) groups is 2. The van der Waals surface area contributed by atoms with Crippen LogP contribution in [0.1, 0.15) is 0 Å². The largest absolute Gasteiger partial charge is 0.475 e. The third kappa shape index (κ3) is 4.44. The second-order valence-electron chi connectivity index (χ2n) is 5.16. The summed E-state index contributed by atoms with van der Waals surface area (Å²) in [7, 11) is 0. The first-order valence-electron chi connectivity index (χ1n) is 6.85. The number of ketones is 1. The van der Waals surface area contributed by atoms with Crippen molar-refractivity contribution in [1.29, 1.82) is 0 Å². The molecule has 0 aromatic rings. The summed E-state index contributed by atoms with van der Waals surface area (Å²) in [6, 6.07) is 0. The molecule has 1 aliphatic heterocycles. The predicted molar refractivity (Wildman–Crippen MR) is 70.4 cm³/mol. The molecule has 0 spiro atoms. The van der Waals surface area contributed by atoms with E-state index in [0.29, 0.717) is 0 Å². The van der Waals surface area contributed by atoms with E-state index in [0.717, 1.165) is 0 Å². The van der Waals surface area contributed by atoms with Gasteiger partial charge in [-0.25, -0.2) is 4.79 Å². The molecule has 0 amide bonds. The Hall–Kier alpha value is -1.22. The van der Waals surface area contributed by atoms with Gasteiger partial charge < -0.3 is 50.3 Å². The van der Waals surface area contributed by atoms with Gasteiger partial charge in [-0.1, -0.05) is 0 Å². The maximum atomic E-state index is 11.3. The summed E-state index contributed by atoms with van der Waals surface area (Å²) in [6.45, 7) is -1.82. The topological polar surface area (TPSA) is 214 Å². The van der Waals surface area contributed by atoms with Crippen LogP contribution >= 0.6 is 0 Å². The highest BCUT2D eigenvalue weighted by molar-refractivity contribution is 6.34. The predicted octanol–water partition coefficient (Wildman–Crippen LogP) is -5.46. The first-order valence-corrected chi connectivity index (χ1v) is 6.85. The molecule has 0 unspecified atom stereocenters. The van der Waals surface area contributed by atoms with Gasteiger partial charge in [-0.15, -0.1) is 0 Å². The van der Waals surface area contributed by atoms with E-state index >= 15 is 0 Å². The van der Waals surface area contributed by atoms with Crippen molar-refractivity contribution in [2.75, 3.05) is 13.2 Å². The fourth-order valence-electron chi connectivity index (χ4n) is 2.09. The maximum Gasteiger partial charge on any atom is 0.375 e. The van der Waals surface area contributed by atoms with Gasteiger partial charge in [0.05, 0.1) is 13.2 Å². The van der Waals surface area contributed by atoms with Crippen LogP contribution in [0, 0.1) is 0 Å². The summed E-state index contributed by atoms with van der Waals surface area (Å²) in [6.07, 6.45) is -15.0. The Morgan fingerprint density at radius 2 is 1.62 bits per heavy atom. The van der Waals surface area contributed by atoms with E-state index in [9.17, 15) is 35.1 Å². The fraction of sp³-hybridized carbons (Fsp3) is 0.833. The van der Waals surface area contributed by atoms with E-state index in [1.54, 1.807) is 0 Å². The molecule has 0 aromatic heterocycles. The Balaban J connectivity index is 2.96. The van der Waals surface area contributed by atoms with Crippen molar-refractivity contribution in [3.05, 3.63) is 0 Å². The highest BCUT2D eigenvalue weighted by atomic mass is 16.7.